The first-order valence-electron chi connectivity index (χ1n) is 24.0. The van der Waals surface area contributed by atoms with Crippen molar-refractivity contribution in [1.82, 2.24) is 10.2 Å². The van der Waals surface area contributed by atoms with Gasteiger partial charge in [-0.05, 0) is 143 Å². The van der Waals surface area contributed by atoms with Gasteiger partial charge in [0.15, 0.2) is 0 Å². The second kappa shape index (κ2) is 25.4. The van der Waals surface area contributed by atoms with Gasteiger partial charge in [0.25, 0.3) is 0 Å². The highest BCUT2D eigenvalue weighted by Gasteiger charge is 2.41. The molecule has 5 aromatic carbocycles. The van der Waals surface area contributed by atoms with Gasteiger partial charge in [0.1, 0.15) is 29.3 Å². The van der Waals surface area contributed by atoms with Crippen LogP contribution in [0.25, 0.3) is 0 Å². The number of ether oxygens (including phenoxy) is 4. The number of carbonyl (C=O) groups is 1. The van der Waals surface area contributed by atoms with Gasteiger partial charge in [-0.15, -0.1) is 0 Å². The average Bonchev–Trinajstić information content (AvgIpc) is 3.33. The number of aryl methyl sites for hydroxylation is 2. The molecule has 2 aliphatic carbocycles. The minimum Gasteiger partial charge on any atom is -0.497 e. The number of nitrogens with one attached hydrogen (secondary N) is 1. The van der Waals surface area contributed by atoms with Crippen molar-refractivity contribution < 1.29 is 23.7 Å². The largest absolute Gasteiger partial charge is 0.497 e. The summed E-state index contributed by atoms with van der Waals surface area (Å²) in [6.45, 7) is 11.7. The summed E-state index contributed by atoms with van der Waals surface area (Å²) in [5, 5.41) is 3.39. The van der Waals surface area contributed by atoms with Gasteiger partial charge in [0, 0.05) is 36.9 Å². The quantitative estimate of drug-likeness (QED) is 0.112. The van der Waals surface area contributed by atoms with E-state index in [1.807, 2.05) is 78.9 Å². The predicted molar refractivity (Wildman–Crippen MR) is 262 cm³/mol. The van der Waals surface area contributed by atoms with E-state index in [2.05, 4.69) is 78.7 Å². The Bertz CT molecular complexity index is 2020. The minimum absolute atomic E-state index is 0.124. The van der Waals surface area contributed by atoms with E-state index in [1.165, 1.54) is 86.7 Å². The van der Waals surface area contributed by atoms with Crippen LogP contribution >= 0.6 is 0 Å². The summed E-state index contributed by atoms with van der Waals surface area (Å²) >= 11 is 0. The van der Waals surface area contributed by atoms with Crippen LogP contribution in [0.2, 0.25) is 0 Å². The number of likely N-dealkylation sites (tertiary alicyclic amines) is 1. The summed E-state index contributed by atoms with van der Waals surface area (Å²) in [4.78, 5) is 13.6. The standard InChI is InChI=1S/C24H31NO2.C13H19NO2.C11H12O.C9H12/c1-26-22-10-12-23(13-11-22)27-18-20-7-5-16-25(17-20)19-24(14-6-15-24)21-8-3-2-4-9-21;1-15-12-4-6-13(7-5-12)16-10-11-3-2-8-14-9-11;12-9-11(7-4-8-11)10-5-2-1-3-6-10;1-3-9-6-4-8(2)5-7-9/h2-4,8-13,20H,5-7,14-19H2,1H3;4-7,11,14H,2-3,8-10H2,1H3;1-3,5-6,9H,4,7-8H2;4-7H,3H2,1-2H3. The van der Waals surface area contributed by atoms with Crippen molar-refractivity contribution in [3.63, 3.8) is 0 Å². The van der Waals surface area contributed by atoms with E-state index in [0.717, 1.165) is 81.4 Å². The molecule has 4 aliphatic rings. The molecule has 5 aromatic rings. The van der Waals surface area contributed by atoms with Gasteiger partial charge in [-0.3, -0.25) is 0 Å². The van der Waals surface area contributed by atoms with Gasteiger partial charge in [0.05, 0.1) is 32.8 Å². The van der Waals surface area contributed by atoms with Crippen molar-refractivity contribution in [1.29, 1.82) is 0 Å². The van der Waals surface area contributed by atoms with E-state index in [1.54, 1.807) is 14.2 Å². The Morgan fingerprint density at radius 2 is 1.16 bits per heavy atom. The number of hydrogen-bond donors (Lipinski definition) is 1. The van der Waals surface area contributed by atoms with Crippen LogP contribution in [0.15, 0.2) is 133 Å². The molecule has 0 bridgehead atoms. The van der Waals surface area contributed by atoms with E-state index in [-0.39, 0.29) is 5.41 Å². The molecule has 2 unspecified atom stereocenters. The zero-order valence-corrected chi connectivity index (χ0v) is 39.2. The van der Waals surface area contributed by atoms with E-state index in [0.29, 0.717) is 17.3 Å². The Morgan fingerprint density at radius 1 is 0.625 bits per heavy atom. The highest BCUT2D eigenvalue weighted by molar-refractivity contribution is 5.70. The van der Waals surface area contributed by atoms with Crippen LogP contribution in [-0.4, -0.2) is 71.3 Å². The molecule has 0 radical (unpaired) electrons. The molecule has 1 N–H and O–H groups in total. The summed E-state index contributed by atoms with van der Waals surface area (Å²) in [5.41, 5.74) is 5.74. The van der Waals surface area contributed by atoms with Gasteiger partial charge in [0.2, 0.25) is 0 Å². The molecule has 2 atom stereocenters. The lowest BCUT2D eigenvalue weighted by atomic mass is 9.64. The number of piperidine rings is 2. The maximum atomic E-state index is 10.9. The number of benzene rings is 5. The zero-order valence-electron chi connectivity index (χ0n) is 39.2. The Labute approximate surface area is 384 Å². The summed E-state index contributed by atoms with van der Waals surface area (Å²) in [6, 6.07) is 45.6. The third kappa shape index (κ3) is 14.5. The maximum absolute atomic E-state index is 10.9. The molecule has 2 saturated heterocycles. The van der Waals surface area contributed by atoms with Crippen molar-refractivity contribution in [3.8, 4) is 23.0 Å². The number of aldehydes is 1. The van der Waals surface area contributed by atoms with Crippen molar-refractivity contribution in [2.75, 3.05) is 60.2 Å². The predicted octanol–water partition coefficient (Wildman–Crippen LogP) is 11.8. The molecule has 64 heavy (non-hydrogen) atoms. The SMILES string of the molecule is CCc1ccc(C)cc1.COc1ccc(OCC2CCCN(CC3(c4ccccc4)CCC3)C2)cc1.COc1ccc(OCC2CCCNC2)cc1.O=CC1(c2ccccc2)CCC1. The fourth-order valence-corrected chi connectivity index (χ4v) is 9.26. The summed E-state index contributed by atoms with van der Waals surface area (Å²) in [5.74, 6) is 4.87. The molecular formula is C57H74N2O5. The van der Waals surface area contributed by atoms with Crippen molar-refractivity contribution in [2.24, 2.45) is 11.8 Å². The monoisotopic (exact) mass is 867 g/mol. The number of rotatable bonds is 14. The Hall–Kier alpha value is -5.11. The minimum atomic E-state index is -0.124. The number of carbonyl (C=O) groups excluding carboxylic acids is 1. The third-order valence-electron chi connectivity index (χ3n) is 13.7. The average molecular weight is 867 g/mol. The smallest absolute Gasteiger partial charge is 0.130 e. The van der Waals surface area contributed by atoms with Crippen LogP contribution in [-0.2, 0) is 22.0 Å². The lowest BCUT2D eigenvalue weighted by molar-refractivity contribution is -0.115. The van der Waals surface area contributed by atoms with Crippen molar-refractivity contribution in [3.05, 3.63) is 156 Å². The van der Waals surface area contributed by atoms with Gasteiger partial charge >= 0.3 is 0 Å². The first kappa shape index (κ1) is 48.3. The molecule has 9 rings (SSSR count). The maximum Gasteiger partial charge on any atom is 0.130 e. The van der Waals surface area contributed by atoms with Crippen LogP contribution in [0.5, 0.6) is 23.0 Å². The number of hydrogen-bond acceptors (Lipinski definition) is 7. The first-order chi connectivity index (χ1) is 31.4. The lowest BCUT2D eigenvalue weighted by Crippen LogP contribution is -2.49. The van der Waals surface area contributed by atoms with Gasteiger partial charge in [-0.1, -0.05) is 110 Å². The summed E-state index contributed by atoms with van der Waals surface area (Å²) in [7, 11) is 3.36. The van der Waals surface area contributed by atoms with Crippen LogP contribution in [0.1, 0.15) is 93.4 Å². The molecule has 2 saturated carbocycles. The fraction of sp³-hybridized carbons (Fsp3) is 0.456. The molecule has 0 spiro atoms. The van der Waals surface area contributed by atoms with E-state index in [4.69, 9.17) is 18.9 Å². The molecule has 7 heteroatoms. The molecule has 7 nitrogen and oxygen atoms in total. The van der Waals surface area contributed by atoms with Crippen LogP contribution in [0.3, 0.4) is 0 Å². The van der Waals surface area contributed by atoms with Gasteiger partial charge in [-0.25, -0.2) is 0 Å². The highest BCUT2D eigenvalue weighted by Crippen LogP contribution is 2.45. The van der Waals surface area contributed by atoms with E-state index < -0.39 is 0 Å². The highest BCUT2D eigenvalue weighted by atomic mass is 16.5. The fourth-order valence-electron chi connectivity index (χ4n) is 9.26. The van der Waals surface area contributed by atoms with Crippen LogP contribution < -0.4 is 24.3 Å². The lowest BCUT2D eigenvalue weighted by Gasteiger charge is -2.47. The third-order valence-corrected chi connectivity index (χ3v) is 13.7. The molecule has 4 fully saturated rings. The van der Waals surface area contributed by atoms with E-state index in [9.17, 15) is 4.79 Å². The molecular weight excluding hydrogens is 793 g/mol. The molecule has 2 heterocycles. The molecule has 0 amide bonds. The summed E-state index contributed by atoms with van der Waals surface area (Å²) < 4.78 is 22.1. The van der Waals surface area contributed by atoms with Crippen molar-refractivity contribution >= 4 is 6.29 Å². The topological polar surface area (TPSA) is 69.3 Å². The molecule has 2 aliphatic heterocycles. The van der Waals surface area contributed by atoms with Gasteiger partial charge < -0.3 is 34.0 Å². The summed E-state index contributed by atoms with van der Waals surface area (Å²) in [6.07, 6.45) is 14.6. The molecule has 0 aromatic heterocycles. The second-order valence-electron chi connectivity index (χ2n) is 18.3. The second-order valence-corrected chi connectivity index (χ2v) is 18.3. The molecule has 342 valence electrons. The zero-order chi connectivity index (χ0) is 44.9. The van der Waals surface area contributed by atoms with Gasteiger partial charge in [-0.2, -0.15) is 0 Å². The van der Waals surface area contributed by atoms with Crippen LogP contribution in [0.4, 0.5) is 0 Å². The normalized spacial score (nSPS) is 19.4. The Morgan fingerprint density at radius 3 is 1.62 bits per heavy atom. The van der Waals surface area contributed by atoms with E-state index >= 15 is 0 Å². The Kier molecular flexibility index (Phi) is 19.2. The number of nitrogens with zero attached hydrogens (tertiary/aromatic N) is 1. The Balaban J connectivity index is 0.000000156. The number of methoxy groups -OCH3 is 2. The van der Waals surface area contributed by atoms with Crippen LogP contribution in [0, 0.1) is 18.8 Å². The van der Waals surface area contributed by atoms with Crippen molar-refractivity contribution in [2.45, 2.75) is 95.3 Å². The first-order valence-corrected chi connectivity index (χ1v) is 24.0.